The van der Waals surface area contributed by atoms with Gasteiger partial charge in [0.1, 0.15) is 18.2 Å². The number of halogens is 2. The summed E-state index contributed by atoms with van der Waals surface area (Å²) >= 11 is 6.49. The van der Waals surface area contributed by atoms with Crippen LogP contribution in [0.5, 0.6) is 6.01 Å². The van der Waals surface area contributed by atoms with Crippen LogP contribution in [0.15, 0.2) is 30.3 Å². The van der Waals surface area contributed by atoms with Gasteiger partial charge in [-0.15, -0.1) is 0 Å². The number of anilines is 2. The third-order valence-electron chi connectivity index (χ3n) is 8.87. The Morgan fingerprint density at radius 3 is 2.68 bits per heavy atom. The number of piperazine rings is 1. The molecule has 0 aliphatic carbocycles. The van der Waals surface area contributed by atoms with Crippen molar-refractivity contribution in [1.82, 2.24) is 20.2 Å². The first kappa shape index (κ1) is 24.4. The minimum Gasteiger partial charge on any atom is -0.462 e. The van der Waals surface area contributed by atoms with Gasteiger partial charge in [0.2, 0.25) is 0 Å². The predicted octanol–water partition coefficient (Wildman–Crippen LogP) is 4.40. The molecule has 3 fully saturated rings. The average molecular weight is 537 g/mol. The third kappa shape index (κ3) is 4.36. The van der Waals surface area contributed by atoms with Gasteiger partial charge in [0, 0.05) is 54.4 Å². The van der Waals surface area contributed by atoms with E-state index in [9.17, 15) is 4.39 Å². The highest BCUT2D eigenvalue weighted by Gasteiger charge is 2.35. The van der Waals surface area contributed by atoms with Gasteiger partial charge in [-0.05, 0) is 63.2 Å². The monoisotopic (exact) mass is 536 g/mol. The summed E-state index contributed by atoms with van der Waals surface area (Å²) in [5, 5.41) is 5.60. The topological polar surface area (TPSA) is 56.8 Å². The number of hydrogen-bond donors (Lipinski definition) is 1. The third-order valence-corrected chi connectivity index (χ3v) is 9.24. The van der Waals surface area contributed by atoms with E-state index in [-0.39, 0.29) is 5.02 Å². The van der Waals surface area contributed by atoms with E-state index >= 15 is 0 Å². The number of nitrogens with zero attached hydrogens (tertiary/aromatic N) is 5. The van der Waals surface area contributed by atoms with Crippen LogP contribution in [0.25, 0.3) is 10.8 Å². The number of ether oxygens (including phenoxy) is 1. The maximum Gasteiger partial charge on any atom is 0.318 e. The van der Waals surface area contributed by atoms with Gasteiger partial charge < -0.3 is 24.8 Å². The van der Waals surface area contributed by atoms with Crippen molar-refractivity contribution in [3.8, 4) is 6.01 Å². The van der Waals surface area contributed by atoms with E-state index in [0.29, 0.717) is 37.3 Å². The van der Waals surface area contributed by atoms with E-state index in [4.69, 9.17) is 26.3 Å². The van der Waals surface area contributed by atoms with Gasteiger partial charge in [0.25, 0.3) is 0 Å². The van der Waals surface area contributed by atoms with Crippen molar-refractivity contribution in [2.24, 2.45) is 0 Å². The number of fused-ring (bicyclic) bond motifs is 4. The summed E-state index contributed by atoms with van der Waals surface area (Å²) in [7, 11) is 2.16. The lowest BCUT2D eigenvalue weighted by Gasteiger charge is -2.37. The molecule has 3 aromatic rings. The van der Waals surface area contributed by atoms with Crippen LogP contribution in [-0.4, -0.2) is 72.8 Å². The van der Waals surface area contributed by atoms with E-state index in [1.807, 2.05) is 18.2 Å². The van der Waals surface area contributed by atoms with Gasteiger partial charge in [-0.3, -0.25) is 0 Å². The number of hydrogen-bond acceptors (Lipinski definition) is 7. The van der Waals surface area contributed by atoms with E-state index in [2.05, 4.69) is 27.1 Å². The number of likely N-dealkylation sites (N-methyl/N-ethyl adjacent to an activating group) is 1. The molecule has 0 amide bonds. The second-order valence-electron chi connectivity index (χ2n) is 11.3. The van der Waals surface area contributed by atoms with E-state index in [1.165, 1.54) is 30.9 Å². The van der Waals surface area contributed by atoms with Crippen LogP contribution in [0.4, 0.5) is 15.9 Å². The Labute approximate surface area is 227 Å². The lowest BCUT2D eigenvalue weighted by molar-refractivity contribution is 0.187. The highest BCUT2D eigenvalue weighted by molar-refractivity contribution is 6.36. The normalized spacial score (nSPS) is 25.3. The Balaban J connectivity index is 1.24. The molecule has 0 radical (unpaired) electrons. The number of likely N-dealkylation sites (tertiary alicyclic amines) is 1. The standard InChI is InChI=1S/C29H34ClFN6O/c1-35-12-3-5-21(35)17-38-29-33-24-16-36(25-6-2-4-18-7-10-23(31)27(30)26(18)25)13-11-22(24)28(34-29)37-14-19-8-9-20(15-37)32-19/h2,4,6-7,10,19-21,32H,3,5,8-9,11-17H2,1H3/t19?,20?,21-/m0/s1. The second-order valence-corrected chi connectivity index (χ2v) is 11.7. The van der Waals surface area contributed by atoms with Crippen molar-refractivity contribution < 1.29 is 9.13 Å². The smallest absolute Gasteiger partial charge is 0.318 e. The molecule has 200 valence electrons. The van der Waals surface area contributed by atoms with Gasteiger partial charge >= 0.3 is 6.01 Å². The fourth-order valence-electron chi connectivity index (χ4n) is 6.81. The first-order chi connectivity index (χ1) is 18.5. The number of aromatic nitrogens is 2. The lowest BCUT2D eigenvalue weighted by Crippen LogP contribution is -2.52. The number of rotatable bonds is 5. The van der Waals surface area contributed by atoms with Gasteiger partial charge in [-0.25, -0.2) is 4.39 Å². The average Bonchev–Trinajstić information content (AvgIpc) is 3.51. The molecule has 1 aromatic heterocycles. The SMILES string of the molecule is CN1CCC[C@H]1COc1nc2c(c(N3CC4CCC(C3)N4)n1)CCN(c1cccc3ccc(F)c(Cl)c13)C2. The van der Waals surface area contributed by atoms with Crippen LogP contribution in [0, 0.1) is 5.82 Å². The quantitative estimate of drug-likeness (QED) is 0.519. The molecule has 3 saturated heterocycles. The molecule has 7 rings (SSSR count). The van der Waals surface area contributed by atoms with Crippen molar-refractivity contribution in [3.63, 3.8) is 0 Å². The van der Waals surface area contributed by atoms with Gasteiger partial charge in [-0.1, -0.05) is 29.8 Å². The predicted molar refractivity (Wildman–Crippen MR) is 149 cm³/mol. The molecule has 4 aliphatic rings. The molecular weight excluding hydrogens is 503 g/mol. The summed E-state index contributed by atoms with van der Waals surface area (Å²) in [6, 6.07) is 11.2. The molecule has 38 heavy (non-hydrogen) atoms. The Morgan fingerprint density at radius 2 is 1.89 bits per heavy atom. The summed E-state index contributed by atoms with van der Waals surface area (Å²) in [6.45, 7) is 5.04. The van der Waals surface area contributed by atoms with E-state index < -0.39 is 5.82 Å². The van der Waals surface area contributed by atoms with E-state index in [1.54, 1.807) is 6.07 Å². The van der Waals surface area contributed by atoms with Gasteiger partial charge in [0.05, 0.1) is 17.3 Å². The first-order valence-electron chi connectivity index (χ1n) is 13.9. The van der Waals surface area contributed by atoms with Crippen molar-refractivity contribution in [3.05, 3.63) is 52.4 Å². The summed E-state index contributed by atoms with van der Waals surface area (Å²) in [5.41, 5.74) is 3.14. The molecule has 2 unspecified atom stereocenters. The van der Waals surface area contributed by atoms with Crippen LogP contribution < -0.4 is 19.9 Å². The van der Waals surface area contributed by atoms with Gasteiger partial charge in [0.15, 0.2) is 0 Å². The number of benzene rings is 2. The van der Waals surface area contributed by atoms with Crippen molar-refractivity contribution in [2.45, 2.75) is 56.8 Å². The first-order valence-corrected chi connectivity index (χ1v) is 14.3. The minimum atomic E-state index is -0.394. The van der Waals surface area contributed by atoms with Crippen LogP contribution in [-0.2, 0) is 13.0 Å². The highest BCUT2D eigenvalue weighted by atomic mass is 35.5. The van der Waals surface area contributed by atoms with E-state index in [0.717, 1.165) is 67.0 Å². The second kappa shape index (κ2) is 9.81. The largest absolute Gasteiger partial charge is 0.462 e. The maximum absolute atomic E-state index is 14.5. The summed E-state index contributed by atoms with van der Waals surface area (Å²) in [5.74, 6) is 0.638. The molecule has 4 aliphatic heterocycles. The Morgan fingerprint density at radius 1 is 1.05 bits per heavy atom. The van der Waals surface area contributed by atoms with Crippen molar-refractivity contribution >= 4 is 33.9 Å². The molecule has 2 aromatic carbocycles. The molecule has 1 N–H and O–H groups in total. The zero-order valence-electron chi connectivity index (χ0n) is 21.8. The number of nitrogens with one attached hydrogen (secondary N) is 1. The van der Waals surface area contributed by atoms with Crippen LogP contribution in [0.2, 0.25) is 5.02 Å². The molecule has 5 heterocycles. The molecule has 0 spiro atoms. The molecule has 3 atom stereocenters. The zero-order valence-corrected chi connectivity index (χ0v) is 22.6. The lowest BCUT2D eigenvalue weighted by atomic mass is 10.0. The van der Waals surface area contributed by atoms with Crippen molar-refractivity contribution in [2.75, 3.05) is 49.6 Å². The van der Waals surface area contributed by atoms with Crippen LogP contribution in [0.3, 0.4) is 0 Å². The molecule has 0 saturated carbocycles. The Hall–Kier alpha value is -2.68. The molecule has 9 heteroatoms. The zero-order chi connectivity index (χ0) is 25.8. The molecular formula is C29H34ClFN6O. The van der Waals surface area contributed by atoms with Crippen LogP contribution >= 0.6 is 11.6 Å². The molecule has 7 nitrogen and oxygen atoms in total. The van der Waals surface area contributed by atoms with Crippen LogP contribution in [0.1, 0.15) is 36.9 Å². The fraction of sp³-hybridized carbons (Fsp3) is 0.517. The minimum absolute atomic E-state index is 0.174. The molecule has 2 bridgehead atoms. The highest BCUT2D eigenvalue weighted by Crippen LogP contribution is 2.38. The Bertz CT molecular complexity index is 1360. The van der Waals surface area contributed by atoms with Gasteiger partial charge in [-0.2, -0.15) is 9.97 Å². The summed E-state index contributed by atoms with van der Waals surface area (Å²) in [4.78, 5) is 17.1. The fourth-order valence-corrected chi connectivity index (χ4v) is 7.07. The summed E-state index contributed by atoms with van der Waals surface area (Å²) in [6.07, 6.45) is 5.60. The maximum atomic E-state index is 14.5. The van der Waals surface area contributed by atoms with Crippen molar-refractivity contribution in [1.29, 1.82) is 0 Å². The summed E-state index contributed by atoms with van der Waals surface area (Å²) < 4.78 is 20.7. The Kier molecular flexibility index (Phi) is 6.29.